The normalized spacial score (nSPS) is 12.1. The maximum absolute atomic E-state index is 6.30. The van der Waals surface area contributed by atoms with Crippen LogP contribution in [-0.4, -0.2) is 21.2 Å². The van der Waals surface area contributed by atoms with E-state index in [1.165, 1.54) is 0 Å². The fourth-order valence-electron chi connectivity index (χ4n) is 2.04. The summed E-state index contributed by atoms with van der Waals surface area (Å²) >= 11 is 6.03. The van der Waals surface area contributed by atoms with Crippen molar-refractivity contribution in [1.82, 2.24) is 0 Å². The molecule has 0 saturated heterocycles. The van der Waals surface area contributed by atoms with Crippen LogP contribution in [0.25, 0.3) is 0 Å². The number of methoxy groups -OCH3 is 1. The third kappa shape index (κ3) is 3.06. The molecular weight excluding hydrogens is 272 g/mol. The van der Waals surface area contributed by atoms with Crippen LogP contribution < -0.4 is 15.4 Å². The van der Waals surface area contributed by atoms with Gasteiger partial charge in [-0.15, -0.1) is 0 Å². The van der Waals surface area contributed by atoms with Gasteiger partial charge in [0.2, 0.25) is 0 Å². The standard InChI is InChI=1S/C16H19ClN2O/c1-19(2)13-7-4-11(5-8-13)16(18)12-6-9-14(17)15(10-12)20-3/h4-10,16H,18H2,1-3H3. The van der Waals surface area contributed by atoms with Crippen molar-refractivity contribution in [2.45, 2.75) is 6.04 Å². The van der Waals surface area contributed by atoms with E-state index in [0.29, 0.717) is 10.8 Å². The van der Waals surface area contributed by atoms with E-state index in [2.05, 4.69) is 17.0 Å². The number of hydrogen-bond donors (Lipinski definition) is 1. The Hall–Kier alpha value is -1.71. The molecule has 0 bridgehead atoms. The molecule has 4 heteroatoms. The number of ether oxygens (including phenoxy) is 1. The zero-order valence-corrected chi connectivity index (χ0v) is 12.7. The van der Waals surface area contributed by atoms with E-state index in [1.807, 2.05) is 44.4 Å². The molecule has 0 fully saturated rings. The van der Waals surface area contributed by atoms with Gasteiger partial charge in [-0.3, -0.25) is 0 Å². The van der Waals surface area contributed by atoms with E-state index in [-0.39, 0.29) is 6.04 Å². The van der Waals surface area contributed by atoms with E-state index in [0.717, 1.165) is 16.8 Å². The maximum atomic E-state index is 6.30. The number of halogens is 1. The molecular formula is C16H19ClN2O. The molecule has 0 aliphatic carbocycles. The summed E-state index contributed by atoms with van der Waals surface area (Å²) < 4.78 is 5.23. The summed E-state index contributed by atoms with van der Waals surface area (Å²) in [6.07, 6.45) is 0. The Bertz CT molecular complexity index is 582. The molecule has 0 radical (unpaired) electrons. The lowest BCUT2D eigenvalue weighted by Crippen LogP contribution is -2.13. The monoisotopic (exact) mass is 290 g/mol. The van der Waals surface area contributed by atoms with Crippen LogP contribution in [0.15, 0.2) is 42.5 Å². The number of rotatable bonds is 4. The van der Waals surface area contributed by atoms with Crippen molar-refractivity contribution in [2.75, 3.05) is 26.1 Å². The number of nitrogens with two attached hydrogens (primary N) is 1. The molecule has 1 unspecified atom stereocenters. The smallest absolute Gasteiger partial charge is 0.137 e. The van der Waals surface area contributed by atoms with Crippen molar-refractivity contribution >= 4 is 17.3 Å². The highest BCUT2D eigenvalue weighted by Crippen LogP contribution is 2.29. The second-order valence-electron chi connectivity index (χ2n) is 4.86. The second-order valence-corrected chi connectivity index (χ2v) is 5.26. The third-order valence-corrected chi connectivity index (χ3v) is 3.62. The first kappa shape index (κ1) is 14.7. The predicted molar refractivity (Wildman–Crippen MR) is 84.8 cm³/mol. The van der Waals surface area contributed by atoms with Gasteiger partial charge in [-0.2, -0.15) is 0 Å². The molecule has 0 aliphatic heterocycles. The van der Waals surface area contributed by atoms with Crippen molar-refractivity contribution < 1.29 is 4.74 Å². The Balaban J connectivity index is 2.28. The van der Waals surface area contributed by atoms with Gasteiger partial charge in [-0.25, -0.2) is 0 Å². The van der Waals surface area contributed by atoms with Gasteiger partial charge >= 0.3 is 0 Å². The molecule has 3 nitrogen and oxygen atoms in total. The van der Waals surface area contributed by atoms with Crippen molar-refractivity contribution in [3.8, 4) is 5.75 Å². The molecule has 2 aromatic rings. The van der Waals surface area contributed by atoms with E-state index in [9.17, 15) is 0 Å². The first-order valence-corrected chi connectivity index (χ1v) is 6.77. The lowest BCUT2D eigenvalue weighted by atomic mass is 9.99. The van der Waals surface area contributed by atoms with E-state index < -0.39 is 0 Å². The van der Waals surface area contributed by atoms with Gasteiger partial charge < -0.3 is 15.4 Å². The highest BCUT2D eigenvalue weighted by molar-refractivity contribution is 6.32. The van der Waals surface area contributed by atoms with Gasteiger partial charge in [-0.1, -0.05) is 29.8 Å². The molecule has 2 aromatic carbocycles. The maximum Gasteiger partial charge on any atom is 0.137 e. The van der Waals surface area contributed by atoms with E-state index >= 15 is 0 Å². The summed E-state index contributed by atoms with van der Waals surface area (Å²) in [4.78, 5) is 2.06. The first-order valence-electron chi connectivity index (χ1n) is 6.39. The van der Waals surface area contributed by atoms with Gasteiger partial charge in [0.1, 0.15) is 5.75 Å². The van der Waals surface area contributed by atoms with Crippen LogP contribution in [0.4, 0.5) is 5.69 Å². The molecule has 0 heterocycles. The lowest BCUT2D eigenvalue weighted by Gasteiger charge is -2.17. The van der Waals surface area contributed by atoms with Crippen LogP contribution in [0, 0.1) is 0 Å². The van der Waals surface area contributed by atoms with E-state index in [4.69, 9.17) is 22.1 Å². The van der Waals surface area contributed by atoms with Crippen LogP contribution in [-0.2, 0) is 0 Å². The summed E-state index contributed by atoms with van der Waals surface area (Å²) in [6.45, 7) is 0. The first-order chi connectivity index (χ1) is 9.52. The number of hydrogen-bond acceptors (Lipinski definition) is 3. The van der Waals surface area contributed by atoms with Crippen molar-refractivity contribution in [2.24, 2.45) is 5.73 Å². The molecule has 0 spiro atoms. The Morgan fingerprint density at radius 3 is 2.20 bits per heavy atom. The summed E-state index contributed by atoms with van der Waals surface area (Å²) in [5, 5.41) is 0.589. The highest BCUT2D eigenvalue weighted by atomic mass is 35.5. The van der Waals surface area contributed by atoms with Gasteiger partial charge in [0.05, 0.1) is 18.2 Å². The minimum absolute atomic E-state index is 0.197. The van der Waals surface area contributed by atoms with Crippen LogP contribution >= 0.6 is 11.6 Å². The van der Waals surface area contributed by atoms with Gasteiger partial charge in [0, 0.05) is 19.8 Å². The molecule has 0 amide bonds. The molecule has 0 aliphatic rings. The SMILES string of the molecule is COc1cc(C(N)c2ccc(N(C)C)cc2)ccc1Cl. The quantitative estimate of drug-likeness (QED) is 0.937. The molecule has 1 atom stereocenters. The number of anilines is 1. The second kappa shape index (κ2) is 6.16. The molecule has 0 saturated carbocycles. The Morgan fingerprint density at radius 2 is 1.65 bits per heavy atom. The minimum Gasteiger partial charge on any atom is -0.495 e. The summed E-state index contributed by atoms with van der Waals surface area (Å²) in [7, 11) is 5.63. The Morgan fingerprint density at radius 1 is 1.05 bits per heavy atom. The molecule has 2 rings (SSSR count). The minimum atomic E-state index is -0.197. The molecule has 0 aromatic heterocycles. The Kier molecular flexibility index (Phi) is 4.53. The fraction of sp³-hybridized carbons (Fsp3) is 0.250. The molecule has 2 N–H and O–H groups in total. The number of benzene rings is 2. The van der Waals surface area contributed by atoms with Crippen molar-refractivity contribution in [3.63, 3.8) is 0 Å². The van der Waals surface area contributed by atoms with Crippen LogP contribution in [0.3, 0.4) is 0 Å². The van der Waals surface area contributed by atoms with Gasteiger partial charge in [-0.05, 0) is 35.4 Å². The van der Waals surface area contributed by atoms with E-state index in [1.54, 1.807) is 7.11 Å². The zero-order chi connectivity index (χ0) is 14.7. The van der Waals surface area contributed by atoms with Crippen molar-refractivity contribution in [1.29, 1.82) is 0 Å². The summed E-state index contributed by atoms with van der Waals surface area (Å²) in [5.41, 5.74) is 9.48. The van der Waals surface area contributed by atoms with Crippen LogP contribution in [0.2, 0.25) is 5.02 Å². The van der Waals surface area contributed by atoms with Gasteiger partial charge in [0.25, 0.3) is 0 Å². The van der Waals surface area contributed by atoms with Crippen LogP contribution in [0.5, 0.6) is 5.75 Å². The average molecular weight is 291 g/mol. The Labute approximate surface area is 124 Å². The topological polar surface area (TPSA) is 38.5 Å². The van der Waals surface area contributed by atoms with Crippen molar-refractivity contribution in [3.05, 3.63) is 58.6 Å². The average Bonchev–Trinajstić information content (AvgIpc) is 2.47. The van der Waals surface area contributed by atoms with Crippen LogP contribution in [0.1, 0.15) is 17.2 Å². The third-order valence-electron chi connectivity index (χ3n) is 3.30. The zero-order valence-electron chi connectivity index (χ0n) is 11.9. The predicted octanol–water partition coefficient (Wildman–Crippen LogP) is 3.46. The lowest BCUT2D eigenvalue weighted by molar-refractivity contribution is 0.414. The number of nitrogens with zero attached hydrogens (tertiary/aromatic N) is 1. The molecule has 20 heavy (non-hydrogen) atoms. The largest absolute Gasteiger partial charge is 0.495 e. The fourth-order valence-corrected chi connectivity index (χ4v) is 2.24. The summed E-state index contributed by atoms with van der Waals surface area (Å²) in [5.74, 6) is 0.643. The van der Waals surface area contributed by atoms with Gasteiger partial charge in [0.15, 0.2) is 0 Å². The summed E-state index contributed by atoms with van der Waals surface area (Å²) in [6, 6.07) is 13.6. The highest BCUT2D eigenvalue weighted by Gasteiger charge is 2.11. The molecule has 106 valence electrons.